The second-order valence-corrected chi connectivity index (χ2v) is 6.92. The molecule has 3 rings (SSSR count). The molecule has 5 nitrogen and oxygen atoms in total. The van der Waals surface area contributed by atoms with Gasteiger partial charge in [-0.3, -0.25) is 9.59 Å². The maximum Gasteiger partial charge on any atom is 0.237 e. The summed E-state index contributed by atoms with van der Waals surface area (Å²) >= 11 is 0. The fraction of sp³-hybridized carbons (Fsp3) is 0.556. The lowest BCUT2D eigenvalue weighted by Crippen LogP contribution is -2.48. The van der Waals surface area contributed by atoms with E-state index in [1.165, 1.54) is 0 Å². The number of hydrogen-bond acceptors (Lipinski definition) is 3. The molecule has 0 aromatic heterocycles. The van der Waals surface area contributed by atoms with E-state index < -0.39 is 11.5 Å². The Morgan fingerprint density at radius 2 is 2.04 bits per heavy atom. The highest BCUT2D eigenvalue weighted by Gasteiger charge is 2.47. The number of nitrogens with one attached hydrogen (secondary N) is 1. The minimum Gasteiger partial charge on any atom is -0.391 e. The molecule has 1 saturated carbocycles. The third kappa shape index (κ3) is 2.74. The smallest absolute Gasteiger partial charge is 0.237 e. The first-order valence-electron chi connectivity index (χ1n) is 8.28. The first kappa shape index (κ1) is 16.0. The lowest BCUT2D eigenvalue weighted by molar-refractivity contribution is -0.130. The van der Waals surface area contributed by atoms with Crippen molar-refractivity contribution in [1.29, 1.82) is 0 Å². The predicted molar refractivity (Wildman–Crippen MR) is 88.2 cm³/mol. The molecule has 1 aromatic rings. The molecular weight excluding hydrogens is 292 g/mol. The standard InChI is InChI=1S/C18H24N2O3/c1-18(11-16(22)19-13-8-4-6-10-15(13)21)12-7-3-5-9-14(12)20(2)17(18)23/h3,5,7,9,13,15,21H,4,6,8,10-11H2,1-2H3,(H,19,22)/t13-,15-,18+/m1/s1. The molecule has 1 heterocycles. The molecule has 2 N–H and O–H groups in total. The summed E-state index contributed by atoms with van der Waals surface area (Å²) in [5, 5.41) is 12.9. The fourth-order valence-electron chi connectivity index (χ4n) is 3.86. The van der Waals surface area contributed by atoms with Crippen LogP contribution in [0.1, 0.15) is 44.6 Å². The second kappa shape index (κ2) is 5.96. The molecule has 1 aromatic carbocycles. The molecule has 3 atom stereocenters. The van der Waals surface area contributed by atoms with Gasteiger partial charge in [0.25, 0.3) is 0 Å². The molecule has 2 amide bonds. The molecular formula is C18H24N2O3. The highest BCUT2D eigenvalue weighted by Crippen LogP contribution is 2.42. The first-order chi connectivity index (χ1) is 10.9. The van der Waals surface area contributed by atoms with Crippen molar-refractivity contribution >= 4 is 17.5 Å². The number of anilines is 1. The summed E-state index contributed by atoms with van der Waals surface area (Å²) in [6, 6.07) is 7.42. The number of carbonyl (C=O) groups excluding carboxylic acids is 2. The van der Waals surface area contributed by atoms with Gasteiger partial charge in [-0.05, 0) is 31.4 Å². The summed E-state index contributed by atoms with van der Waals surface area (Å²) in [6.45, 7) is 1.83. The highest BCUT2D eigenvalue weighted by molar-refractivity contribution is 6.09. The van der Waals surface area contributed by atoms with Crippen LogP contribution in [-0.4, -0.2) is 36.1 Å². The maximum atomic E-state index is 12.7. The van der Waals surface area contributed by atoms with Crippen LogP contribution in [-0.2, 0) is 15.0 Å². The third-order valence-corrected chi connectivity index (χ3v) is 5.23. The predicted octanol–water partition coefficient (Wildman–Crippen LogP) is 1.73. The van der Waals surface area contributed by atoms with Crippen LogP contribution >= 0.6 is 0 Å². The molecule has 1 aliphatic carbocycles. The van der Waals surface area contributed by atoms with Crippen molar-refractivity contribution in [3.05, 3.63) is 29.8 Å². The lowest BCUT2D eigenvalue weighted by Gasteiger charge is -2.30. The Hall–Kier alpha value is -1.88. The molecule has 0 unspecified atom stereocenters. The minimum absolute atomic E-state index is 0.0574. The van der Waals surface area contributed by atoms with E-state index in [0.717, 1.165) is 36.9 Å². The molecule has 0 radical (unpaired) electrons. The van der Waals surface area contributed by atoms with Crippen LogP contribution < -0.4 is 10.2 Å². The molecule has 0 bridgehead atoms. The zero-order valence-corrected chi connectivity index (χ0v) is 13.7. The van der Waals surface area contributed by atoms with Crippen LogP contribution in [0.15, 0.2) is 24.3 Å². The Labute approximate surface area is 136 Å². The molecule has 124 valence electrons. The van der Waals surface area contributed by atoms with E-state index in [4.69, 9.17) is 0 Å². The van der Waals surface area contributed by atoms with E-state index >= 15 is 0 Å². The molecule has 0 spiro atoms. The zero-order valence-electron chi connectivity index (χ0n) is 13.7. The number of hydrogen-bond donors (Lipinski definition) is 2. The Balaban J connectivity index is 1.76. The van der Waals surface area contributed by atoms with Gasteiger partial charge in [0.1, 0.15) is 0 Å². The Morgan fingerprint density at radius 3 is 2.78 bits per heavy atom. The van der Waals surface area contributed by atoms with E-state index in [-0.39, 0.29) is 24.3 Å². The van der Waals surface area contributed by atoms with Gasteiger partial charge >= 0.3 is 0 Å². The number of aliphatic hydroxyl groups is 1. The van der Waals surface area contributed by atoms with Crippen LogP contribution in [0.2, 0.25) is 0 Å². The number of rotatable bonds is 3. The maximum absolute atomic E-state index is 12.7. The average molecular weight is 316 g/mol. The van der Waals surface area contributed by atoms with Crippen LogP contribution in [0.25, 0.3) is 0 Å². The molecule has 2 aliphatic rings. The minimum atomic E-state index is -0.838. The largest absolute Gasteiger partial charge is 0.391 e. The van der Waals surface area contributed by atoms with Crippen molar-refractivity contribution in [1.82, 2.24) is 5.32 Å². The normalized spacial score (nSPS) is 30.2. The van der Waals surface area contributed by atoms with Gasteiger partial charge in [0.15, 0.2) is 0 Å². The van der Waals surface area contributed by atoms with Crippen LogP contribution in [0.3, 0.4) is 0 Å². The van der Waals surface area contributed by atoms with Crippen molar-refractivity contribution in [3.8, 4) is 0 Å². The van der Waals surface area contributed by atoms with Crippen molar-refractivity contribution in [2.24, 2.45) is 0 Å². The van der Waals surface area contributed by atoms with Crippen molar-refractivity contribution in [2.75, 3.05) is 11.9 Å². The van der Waals surface area contributed by atoms with Crippen LogP contribution in [0.5, 0.6) is 0 Å². The second-order valence-electron chi connectivity index (χ2n) is 6.92. The Kier molecular flexibility index (Phi) is 4.15. The first-order valence-corrected chi connectivity index (χ1v) is 8.28. The average Bonchev–Trinajstić information content (AvgIpc) is 2.72. The van der Waals surface area contributed by atoms with Crippen molar-refractivity contribution < 1.29 is 14.7 Å². The topological polar surface area (TPSA) is 69.6 Å². The van der Waals surface area contributed by atoms with E-state index in [1.54, 1.807) is 11.9 Å². The molecule has 1 fully saturated rings. The lowest BCUT2D eigenvalue weighted by atomic mass is 9.80. The van der Waals surface area contributed by atoms with Crippen molar-refractivity contribution in [2.45, 2.75) is 56.6 Å². The number of amides is 2. The van der Waals surface area contributed by atoms with E-state index in [9.17, 15) is 14.7 Å². The van der Waals surface area contributed by atoms with Gasteiger partial charge in [-0.25, -0.2) is 0 Å². The summed E-state index contributed by atoms with van der Waals surface area (Å²) in [5.41, 5.74) is 0.923. The Bertz CT molecular complexity index is 630. The molecule has 0 saturated heterocycles. The monoisotopic (exact) mass is 316 g/mol. The zero-order chi connectivity index (χ0) is 16.6. The number of aliphatic hydroxyl groups excluding tert-OH is 1. The van der Waals surface area contributed by atoms with Gasteiger partial charge in [-0.2, -0.15) is 0 Å². The van der Waals surface area contributed by atoms with Gasteiger partial charge in [-0.15, -0.1) is 0 Å². The summed E-state index contributed by atoms with van der Waals surface area (Å²) in [7, 11) is 1.75. The van der Waals surface area contributed by atoms with E-state index in [0.29, 0.717) is 0 Å². The summed E-state index contributed by atoms with van der Waals surface area (Å²) in [5.74, 6) is -0.227. The van der Waals surface area contributed by atoms with E-state index in [1.807, 2.05) is 31.2 Å². The van der Waals surface area contributed by atoms with E-state index in [2.05, 4.69) is 5.32 Å². The third-order valence-electron chi connectivity index (χ3n) is 5.23. The number of fused-ring (bicyclic) bond motifs is 1. The number of nitrogens with zero attached hydrogens (tertiary/aromatic N) is 1. The summed E-state index contributed by atoms with van der Waals surface area (Å²) in [6.07, 6.45) is 3.18. The SMILES string of the molecule is CN1C(=O)[C@@](C)(CC(=O)N[C@@H]2CCCC[C@H]2O)c2ccccc21. The number of benzene rings is 1. The number of para-hydroxylation sites is 1. The van der Waals surface area contributed by atoms with Crippen LogP contribution in [0.4, 0.5) is 5.69 Å². The van der Waals surface area contributed by atoms with Crippen molar-refractivity contribution in [3.63, 3.8) is 0 Å². The Morgan fingerprint density at radius 1 is 1.35 bits per heavy atom. The summed E-state index contributed by atoms with van der Waals surface area (Å²) < 4.78 is 0. The van der Waals surface area contributed by atoms with Gasteiger partial charge in [0, 0.05) is 19.2 Å². The fourth-order valence-corrected chi connectivity index (χ4v) is 3.86. The molecule has 5 heteroatoms. The number of carbonyl (C=O) groups is 2. The van der Waals surface area contributed by atoms with Gasteiger partial charge in [0.2, 0.25) is 11.8 Å². The number of likely N-dealkylation sites (N-methyl/N-ethyl adjacent to an activating group) is 1. The summed E-state index contributed by atoms with van der Waals surface area (Å²) in [4.78, 5) is 26.8. The van der Waals surface area contributed by atoms with Gasteiger partial charge < -0.3 is 15.3 Å². The van der Waals surface area contributed by atoms with Gasteiger partial charge in [-0.1, -0.05) is 31.0 Å². The quantitative estimate of drug-likeness (QED) is 0.892. The molecule has 23 heavy (non-hydrogen) atoms. The highest BCUT2D eigenvalue weighted by atomic mass is 16.3. The van der Waals surface area contributed by atoms with Gasteiger partial charge in [0.05, 0.1) is 17.6 Å². The van der Waals surface area contributed by atoms with Crippen LogP contribution in [0, 0.1) is 0 Å². The molecule has 1 aliphatic heterocycles.